The van der Waals surface area contributed by atoms with Crippen molar-refractivity contribution < 1.29 is 9.53 Å². The van der Waals surface area contributed by atoms with Crippen LogP contribution in [0, 0.1) is 5.92 Å². The molecule has 1 aromatic rings. The summed E-state index contributed by atoms with van der Waals surface area (Å²) in [5.74, 6) is 0.0411. The summed E-state index contributed by atoms with van der Waals surface area (Å²) in [4.78, 5) is 19.8. The van der Waals surface area contributed by atoms with Gasteiger partial charge in [-0.25, -0.2) is 4.98 Å². The average Bonchev–Trinajstić information content (AvgIpc) is 2.26. The predicted octanol–water partition coefficient (Wildman–Crippen LogP) is 1.72. The standard InChI is InChI=1S/C11H16N2O2/c1-4-15-11(8(2)3)10(14)9-7-12-5-6-13-9/h5-8,11H,4H2,1-3H3. The van der Waals surface area contributed by atoms with Gasteiger partial charge in [-0.05, 0) is 12.8 Å². The molecule has 4 heteroatoms. The van der Waals surface area contributed by atoms with Gasteiger partial charge in [0.1, 0.15) is 11.8 Å². The maximum atomic E-state index is 11.9. The number of Topliss-reactive ketones (excluding diaryl/α,β-unsaturated/α-hetero) is 1. The quantitative estimate of drug-likeness (QED) is 0.691. The first-order chi connectivity index (χ1) is 7.16. The van der Waals surface area contributed by atoms with Gasteiger partial charge in [0.15, 0.2) is 0 Å². The zero-order chi connectivity index (χ0) is 11.3. The number of aromatic nitrogens is 2. The molecule has 0 aliphatic heterocycles. The van der Waals surface area contributed by atoms with Gasteiger partial charge in [-0.2, -0.15) is 0 Å². The number of carbonyl (C=O) groups excluding carboxylic acids is 1. The van der Waals surface area contributed by atoms with E-state index >= 15 is 0 Å². The van der Waals surface area contributed by atoms with E-state index in [-0.39, 0.29) is 11.7 Å². The molecule has 1 atom stereocenters. The first-order valence-electron chi connectivity index (χ1n) is 5.08. The van der Waals surface area contributed by atoms with Crippen LogP contribution in [0.3, 0.4) is 0 Å². The Morgan fingerprint density at radius 1 is 1.47 bits per heavy atom. The fourth-order valence-corrected chi connectivity index (χ4v) is 1.32. The zero-order valence-electron chi connectivity index (χ0n) is 9.30. The van der Waals surface area contributed by atoms with Crippen molar-refractivity contribution in [2.75, 3.05) is 6.61 Å². The zero-order valence-corrected chi connectivity index (χ0v) is 9.30. The van der Waals surface area contributed by atoms with Gasteiger partial charge in [-0.15, -0.1) is 0 Å². The molecule has 0 amide bonds. The van der Waals surface area contributed by atoms with Gasteiger partial charge < -0.3 is 4.74 Å². The fraction of sp³-hybridized carbons (Fsp3) is 0.545. The third-order valence-corrected chi connectivity index (χ3v) is 2.03. The van der Waals surface area contributed by atoms with Gasteiger partial charge in [0.05, 0.1) is 6.20 Å². The Balaban J connectivity index is 2.81. The van der Waals surface area contributed by atoms with Crippen LogP contribution in [0.15, 0.2) is 18.6 Å². The molecule has 15 heavy (non-hydrogen) atoms. The van der Waals surface area contributed by atoms with Gasteiger partial charge in [-0.3, -0.25) is 9.78 Å². The predicted molar refractivity (Wildman–Crippen MR) is 56.6 cm³/mol. The molecule has 82 valence electrons. The van der Waals surface area contributed by atoms with Crippen molar-refractivity contribution in [1.82, 2.24) is 9.97 Å². The maximum absolute atomic E-state index is 11.9. The van der Waals surface area contributed by atoms with E-state index < -0.39 is 6.10 Å². The minimum atomic E-state index is -0.424. The highest BCUT2D eigenvalue weighted by Crippen LogP contribution is 2.11. The number of nitrogens with zero attached hydrogens (tertiary/aromatic N) is 2. The van der Waals surface area contributed by atoms with E-state index in [4.69, 9.17) is 4.74 Å². The normalized spacial score (nSPS) is 12.8. The van der Waals surface area contributed by atoms with E-state index in [9.17, 15) is 4.79 Å². The first-order valence-corrected chi connectivity index (χ1v) is 5.08. The molecule has 0 saturated heterocycles. The summed E-state index contributed by atoms with van der Waals surface area (Å²) in [6.45, 7) is 6.30. The molecular weight excluding hydrogens is 192 g/mol. The summed E-state index contributed by atoms with van der Waals surface area (Å²) in [5.41, 5.74) is 0.365. The van der Waals surface area contributed by atoms with Gasteiger partial charge in [0, 0.05) is 19.0 Å². The average molecular weight is 208 g/mol. The van der Waals surface area contributed by atoms with Crippen LogP contribution in [0.2, 0.25) is 0 Å². The summed E-state index contributed by atoms with van der Waals surface area (Å²) in [5, 5.41) is 0. The Kier molecular flexibility index (Phi) is 4.37. The van der Waals surface area contributed by atoms with Crippen molar-refractivity contribution in [3.05, 3.63) is 24.3 Å². The van der Waals surface area contributed by atoms with Gasteiger partial charge in [0.25, 0.3) is 0 Å². The molecule has 0 radical (unpaired) electrons. The van der Waals surface area contributed by atoms with Crippen molar-refractivity contribution >= 4 is 5.78 Å². The summed E-state index contributed by atoms with van der Waals surface area (Å²) < 4.78 is 5.40. The number of carbonyl (C=O) groups is 1. The van der Waals surface area contributed by atoms with Crippen LogP contribution >= 0.6 is 0 Å². The van der Waals surface area contributed by atoms with Crippen molar-refractivity contribution in [2.45, 2.75) is 26.9 Å². The monoisotopic (exact) mass is 208 g/mol. The molecule has 1 aromatic heterocycles. The minimum Gasteiger partial charge on any atom is -0.370 e. The Labute approximate surface area is 89.7 Å². The van der Waals surface area contributed by atoms with E-state index in [1.54, 1.807) is 6.20 Å². The molecule has 0 fully saturated rings. The van der Waals surface area contributed by atoms with E-state index in [0.717, 1.165) is 0 Å². The van der Waals surface area contributed by atoms with Crippen LogP contribution in [0.1, 0.15) is 31.3 Å². The molecule has 1 unspecified atom stereocenters. The topological polar surface area (TPSA) is 52.1 Å². The Hall–Kier alpha value is -1.29. The third-order valence-electron chi connectivity index (χ3n) is 2.03. The van der Waals surface area contributed by atoms with E-state index in [0.29, 0.717) is 12.3 Å². The van der Waals surface area contributed by atoms with Crippen LogP contribution in [0.25, 0.3) is 0 Å². The lowest BCUT2D eigenvalue weighted by molar-refractivity contribution is 0.0275. The summed E-state index contributed by atoms with van der Waals surface area (Å²) in [7, 11) is 0. The SMILES string of the molecule is CCOC(C(=O)c1cnccn1)C(C)C. The molecule has 0 aromatic carbocycles. The molecule has 0 aliphatic carbocycles. The van der Waals surface area contributed by atoms with Gasteiger partial charge in [0.2, 0.25) is 5.78 Å². The molecule has 0 N–H and O–H groups in total. The highest BCUT2D eigenvalue weighted by atomic mass is 16.5. The van der Waals surface area contributed by atoms with Crippen LogP contribution in [-0.2, 0) is 4.74 Å². The highest BCUT2D eigenvalue weighted by molar-refractivity contribution is 5.97. The smallest absolute Gasteiger partial charge is 0.211 e. The lowest BCUT2D eigenvalue weighted by Gasteiger charge is -2.18. The van der Waals surface area contributed by atoms with Crippen LogP contribution in [-0.4, -0.2) is 28.5 Å². The Morgan fingerprint density at radius 3 is 2.67 bits per heavy atom. The molecule has 0 saturated carbocycles. The molecule has 0 spiro atoms. The Bertz CT molecular complexity index is 312. The van der Waals surface area contributed by atoms with Crippen LogP contribution in [0.5, 0.6) is 0 Å². The second-order valence-corrected chi connectivity index (χ2v) is 3.57. The second-order valence-electron chi connectivity index (χ2n) is 3.57. The molecule has 1 rings (SSSR count). The maximum Gasteiger partial charge on any atom is 0.211 e. The largest absolute Gasteiger partial charge is 0.370 e. The van der Waals surface area contributed by atoms with Gasteiger partial charge in [-0.1, -0.05) is 13.8 Å². The van der Waals surface area contributed by atoms with Crippen LogP contribution < -0.4 is 0 Å². The Morgan fingerprint density at radius 2 is 2.20 bits per heavy atom. The molecular formula is C11H16N2O2. The van der Waals surface area contributed by atoms with E-state index in [1.165, 1.54) is 12.4 Å². The number of rotatable bonds is 5. The summed E-state index contributed by atoms with van der Waals surface area (Å²) in [6.07, 6.45) is 4.10. The number of hydrogen-bond donors (Lipinski definition) is 0. The molecule has 1 heterocycles. The van der Waals surface area contributed by atoms with Crippen molar-refractivity contribution in [2.24, 2.45) is 5.92 Å². The van der Waals surface area contributed by atoms with Gasteiger partial charge >= 0.3 is 0 Å². The highest BCUT2D eigenvalue weighted by Gasteiger charge is 2.24. The van der Waals surface area contributed by atoms with Crippen molar-refractivity contribution in [3.63, 3.8) is 0 Å². The third kappa shape index (κ3) is 3.09. The summed E-state index contributed by atoms with van der Waals surface area (Å²) >= 11 is 0. The number of ether oxygens (including phenoxy) is 1. The van der Waals surface area contributed by atoms with Crippen molar-refractivity contribution in [3.8, 4) is 0 Å². The lowest BCUT2D eigenvalue weighted by Crippen LogP contribution is -2.30. The summed E-state index contributed by atoms with van der Waals surface area (Å²) in [6, 6.07) is 0. The molecule has 0 aliphatic rings. The fourth-order valence-electron chi connectivity index (χ4n) is 1.32. The molecule has 4 nitrogen and oxygen atoms in total. The van der Waals surface area contributed by atoms with E-state index in [1.807, 2.05) is 20.8 Å². The number of hydrogen-bond acceptors (Lipinski definition) is 4. The minimum absolute atomic E-state index is 0.0973. The van der Waals surface area contributed by atoms with E-state index in [2.05, 4.69) is 9.97 Å². The molecule has 0 bridgehead atoms. The number of ketones is 1. The van der Waals surface area contributed by atoms with Crippen molar-refractivity contribution in [1.29, 1.82) is 0 Å². The first kappa shape index (κ1) is 11.8. The van der Waals surface area contributed by atoms with Crippen LogP contribution in [0.4, 0.5) is 0 Å². The lowest BCUT2D eigenvalue weighted by atomic mass is 10.0. The second kappa shape index (κ2) is 5.56.